The van der Waals surface area contributed by atoms with Gasteiger partial charge in [0.15, 0.2) is 0 Å². The molecule has 19 heavy (non-hydrogen) atoms. The molecular weight excluding hydrogens is 473 g/mol. The van der Waals surface area contributed by atoms with Crippen LogP contribution >= 0.6 is 0 Å². The summed E-state index contributed by atoms with van der Waals surface area (Å²) in [4.78, 5) is 0. The molecule has 0 radical (unpaired) electrons. The van der Waals surface area contributed by atoms with Crippen LogP contribution in [0.1, 0.15) is 11.1 Å². The van der Waals surface area contributed by atoms with E-state index < -0.39 is 30.8 Å². The van der Waals surface area contributed by atoms with Crippen LogP contribution in [-0.2, 0) is 12.4 Å². The average molecular weight is 479 g/mol. The van der Waals surface area contributed by atoms with E-state index in [0.29, 0.717) is 0 Å². The Morgan fingerprint density at radius 3 is 1.26 bits per heavy atom. The predicted molar refractivity (Wildman–Crippen MR) is 54.2 cm³/mol. The summed E-state index contributed by atoms with van der Waals surface area (Å²) in [5, 5.41) is 21.5. The number of alkyl halides is 6. The van der Waals surface area contributed by atoms with E-state index in [1.54, 1.807) is 0 Å². The average Bonchev–Trinajstić information content (AvgIpc) is 2.12. The van der Waals surface area contributed by atoms with Crippen LogP contribution in [0.15, 0.2) is 18.2 Å². The van der Waals surface area contributed by atoms with Gasteiger partial charge in [-0.05, 0) is 0 Å². The molecule has 3 N–H and O–H groups in total. The van der Waals surface area contributed by atoms with E-state index in [4.69, 9.17) is 15.1 Å². The zero-order chi connectivity index (χ0) is 15.4. The smallest absolute Gasteiger partial charge is 0.402 e. The molecule has 0 aliphatic heterocycles. The third kappa shape index (κ3) is 7.74. The normalized spacial score (nSPS) is 11.6. The molecule has 0 spiro atoms. The fourth-order valence-corrected chi connectivity index (χ4v) is 2.38. The summed E-state index contributed by atoms with van der Waals surface area (Å²) in [6.07, 6.45) is -9.46. The Bertz CT molecular complexity index is 385. The first-order valence-electron chi connectivity index (χ1n) is 4.43. The van der Waals surface area contributed by atoms with E-state index in [1.807, 2.05) is 0 Å². The summed E-state index contributed by atoms with van der Waals surface area (Å²) in [7, 11) is -2.17. The van der Waals surface area contributed by atoms with Gasteiger partial charge < -0.3 is 15.1 Å². The molecule has 0 saturated heterocycles. The molecule has 11 heteroatoms. The molecule has 0 aromatic heterocycles. The van der Waals surface area contributed by atoms with Gasteiger partial charge in [-0.1, -0.05) is 0 Å². The van der Waals surface area contributed by atoms with E-state index in [-0.39, 0.29) is 35.0 Å². The molecule has 1 aromatic rings. The van der Waals surface area contributed by atoms with E-state index in [0.717, 1.165) is 12.1 Å². The van der Waals surface area contributed by atoms with Gasteiger partial charge in [-0.2, -0.15) is 0 Å². The van der Waals surface area contributed by atoms with Crippen molar-refractivity contribution in [1.82, 2.24) is 0 Å². The Balaban J connectivity index is 0.000000711. The van der Waals surface area contributed by atoms with Gasteiger partial charge in [0.25, 0.3) is 0 Å². The van der Waals surface area contributed by atoms with Crippen LogP contribution < -0.4 is 3.12 Å². The molecule has 104 valence electrons. The third-order valence-electron chi connectivity index (χ3n) is 1.61. The monoisotopic (exact) mass is 480 g/mol. The van der Waals surface area contributed by atoms with Gasteiger partial charge >= 0.3 is 104 Å². The van der Waals surface area contributed by atoms with Crippen molar-refractivity contribution in [3.8, 4) is 0 Å². The van der Waals surface area contributed by atoms with Crippen molar-refractivity contribution in [2.45, 2.75) is 12.4 Å². The Labute approximate surface area is 119 Å². The Morgan fingerprint density at radius 1 is 0.789 bits per heavy atom. The minimum Gasteiger partial charge on any atom is -0.402 e. The zero-order valence-corrected chi connectivity index (χ0v) is 13.5. The quantitative estimate of drug-likeness (QED) is 0.375. The van der Waals surface area contributed by atoms with Crippen molar-refractivity contribution < 1.29 is 41.4 Å². The molecule has 0 atom stereocenters. The second-order valence-electron chi connectivity index (χ2n) is 3.19. The standard InChI is InChI=1S/C8H3F6.BH3O3.Tl/c9-7(10,11)5-2-1-3-6(4-5)8(12,13)14;2-1(3)4;/h2-4H;2-4H;. The molecular formula is C8H6BF6O3Tl. The SMILES string of the molecule is FC(F)(F)c1c[c]([Tl])cc(C(F)(F)F)c1.OB(O)O. The first kappa shape index (κ1) is 18.7. The van der Waals surface area contributed by atoms with Crippen LogP contribution in [0.4, 0.5) is 26.3 Å². The largest absolute Gasteiger partial charge is 0.631 e. The molecule has 0 amide bonds. The first-order chi connectivity index (χ1) is 8.34. The van der Waals surface area contributed by atoms with Crippen molar-refractivity contribution in [2.24, 2.45) is 0 Å². The number of halogens is 6. The van der Waals surface area contributed by atoms with Crippen LogP contribution in [0.5, 0.6) is 0 Å². The van der Waals surface area contributed by atoms with Gasteiger partial charge in [-0.15, -0.1) is 0 Å². The van der Waals surface area contributed by atoms with Crippen LogP contribution in [0.2, 0.25) is 0 Å². The second-order valence-corrected chi connectivity index (χ2v) is 5.78. The summed E-state index contributed by atoms with van der Waals surface area (Å²) < 4.78 is 73.2. The van der Waals surface area contributed by atoms with Gasteiger partial charge in [-0.3, -0.25) is 0 Å². The summed E-state index contributed by atoms with van der Waals surface area (Å²) >= 11 is -0.0709. The third-order valence-corrected chi connectivity index (χ3v) is 2.91. The van der Waals surface area contributed by atoms with Crippen molar-refractivity contribution in [3.63, 3.8) is 0 Å². The van der Waals surface area contributed by atoms with Gasteiger partial charge in [0.05, 0.1) is 0 Å². The minimum atomic E-state index is -4.73. The van der Waals surface area contributed by atoms with Crippen LogP contribution in [0.25, 0.3) is 0 Å². The van der Waals surface area contributed by atoms with Gasteiger partial charge in [-0.25, -0.2) is 0 Å². The van der Waals surface area contributed by atoms with Crippen molar-refractivity contribution in [3.05, 3.63) is 29.3 Å². The van der Waals surface area contributed by atoms with Gasteiger partial charge in [0, 0.05) is 0 Å². The number of hydrogen-bond acceptors (Lipinski definition) is 3. The van der Waals surface area contributed by atoms with E-state index >= 15 is 0 Å². The van der Waals surface area contributed by atoms with E-state index in [1.165, 1.54) is 0 Å². The number of rotatable bonds is 0. The van der Waals surface area contributed by atoms with Crippen molar-refractivity contribution in [1.29, 1.82) is 0 Å². The van der Waals surface area contributed by atoms with Crippen molar-refractivity contribution in [2.75, 3.05) is 0 Å². The van der Waals surface area contributed by atoms with Crippen LogP contribution in [-0.4, -0.2) is 48.2 Å². The predicted octanol–water partition coefficient (Wildman–Crippen LogP) is 0.466. The van der Waals surface area contributed by atoms with Crippen molar-refractivity contribution >= 4 is 36.2 Å². The Kier molecular flexibility index (Phi) is 6.78. The maximum atomic E-state index is 12.2. The molecule has 1 aromatic carbocycles. The molecule has 0 aliphatic rings. The maximum Gasteiger partial charge on any atom is 0.631 e. The van der Waals surface area contributed by atoms with E-state index in [9.17, 15) is 26.3 Å². The van der Waals surface area contributed by atoms with Crippen LogP contribution in [0, 0.1) is 0 Å². The van der Waals surface area contributed by atoms with E-state index in [2.05, 4.69) is 0 Å². The number of hydrogen-bond donors (Lipinski definition) is 3. The molecule has 0 bridgehead atoms. The minimum absolute atomic E-state index is 0.0709. The molecule has 1 rings (SSSR count). The molecule has 0 saturated carbocycles. The summed E-state index contributed by atoms with van der Waals surface area (Å²) in [5.74, 6) is 0. The second kappa shape index (κ2) is 6.90. The van der Waals surface area contributed by atoms with Gasteiger partial charge in [0.1, 0.15) is 0 Å². The van der Waals surface area contributed by atoms with Gasteiger partial charge in [0.2, 0.25) is 0 Å². The first-order valence-corrected chi connectivity index (χ1v) is 6.67. The fourth-order valence-electron chi connectivity index (χ4n) is 0.979. The van der Waals surface area contributed by atoms with Crippen LogP contribution in [0.3, 0.4) is 0 Å². The fraction of sp³-hybridized carbons (Fsp3) is 0.250. The topological polar surface area (TPSA) is 60.7 Å². The molecule has 0 heterocycles. The number of benzene rings is 1. The molecule has 0 aliphatic carbocycles. The maximum absolute atomic E-state index is 12.2. The summed E-state index contributed by atoms with van der Waals surface area (Å²) in [6.45, 7) is 0. The Hall–Kier alpha value is -0.333. The zero-order valence-electron chi connectivity index (χ0n) is 9.00. The summed E-state index contributed by atoms with van der Waals surface area (Å²) in [6, 6.07) is 1.63. The molecule has 3 nitrogen and oxygen atoms in total. The Morgan fingerprint density at radius 2 is 1.05 bits per heavy atom. The molecule has 0 fully saturated rings. The molecule has 0 unspecified atom stereocenters. The summed E-state index contributed by atoms with van der Waals surface area (Å²) in [5.41, 5.74) is -2.48.